The van der Waals surface area contributed by atoms with Gasteiger partial charge in [-0.3, -0.25) is 9.69 Å². The maximum atomic E-state index is 12.7. The molecule has 0 unspecified atom stereocenters. The molecule has 1 fully saturated rings. The van der Waals surface area contributed by atoms with E-state index in [1.807, 2.05) is 26.0 Å². The molecular weight excluding hydrogens is 280 g/mol. The molecule has 0 aromatic heterocycles. The summed E-state index contributed by atoms with van der Waals surface area (Å²) in [5.74, 6) is 1.45. The molecule has 0 bridgehead atoms. The number of nitrogens with zero attached hydrogens (tertiary/aromatic N) is 2. The quantitative estimate of drug-likeness (QED) is 0.720. The SMILES string of the molecule is CCOc1ccc(OCC)c(C(=O)CN2CCN(C)CC2)c1. The van der Waals surface area contributed by atoms with E-state index in [0.29, 0.717) is 36.8 Å². The first-order valence-electron chi connectivity index (χ1n) is 7.97. The minimum Gasteiger partial charge on any atom is -0.494 e. The highest BCUT2D eigenvalue weighted by molar-refractivity contribution is 6.00. The zero-order valence-electron chi connectivity index (χ0n) is 13.8. The number of ether oxygens (including phenoxy) is 2. The number of hydrogen-bond acceptors (Lipinski definition) is 5. The molecule has 0 spiro atoms. The molecule has 1 aliphatic rings. The lowest BCUT2D eigenvalue weighted by molar-refractivity contribution is 0.0872. The molecule has 1 aromatic rings. The molecule has 0 N–H and O–H groups in total. The summed E-state index contributed by atoms with van der Waals surface area (Å²) in [4.78, 5) is 17.1. The van der Waals surface area contributed by atoms with E-state index in [0.717, 1.165) is 26.2 Å². The summed E-state index contributed by atoms with van der Waals surface area (Å²) in [6.07, 6.45) is 0. The molecule has 1 aliphatic heterocycles. The molecule has 1 heterocycles. The van der Waals surface area contributed by atoms with Gasteiger partial charge in [0, 0.05) is 26.2 Å². The van der Waals surface area contributed by atoms with Gasteiger partial charge in [-0.1, -0.05) is 0 Å². The highest BCUT2D eigenvalue weighted by Gasteiger charge is 2.20. The van der Waals surface area contributed by atoms with Crippen LogP contribution in [0.5, 0.6) is 11.5 Å². The number of ketones is 1. The maximum absolute atomic E-state index is 12.7. The van der Waals surface area contributed by atoms with Gasteiger partial charge >= 0.3 is 0 Å². The molecular formula is C17H26N2O3. The van der Waals surface area contributed by atoms with Gasteiger partial charge in [-0.2, -0.15) is 0 Å². The fourth-order valence-corrected chi connectivity index (χ4v) is 2.56. The summed E-state index contributed by atoms with van der Waals surface area (Å²) in [6, 6.07) is 5.47. The van der Waals surface area contributed by atoms with Gasteiger partial charge in [0.25, 0.3) is 0 Å². The van der Waals surface area contributed by atoms with Crippen LogP contribution in [0.15, 0.2) is 18.2 Å². The first-order valence-corrected chi connectivity index (χ1v) is 7.97. The molecule has 1 aromatic carbocycles. The Bertz CT molecular complexity index is 497. The van der Waals surface area contributed by atoms with Crippen LogP contribution in [0.2, 0.25) is 0 Å². The topological polar surface area (TPSA) is 42.0 Å². The van der Waals surface area contributed by atoms with Crippen molar-refractivity contribution in [1.82, 2.24) is 9.80 Å². The highest BCUT2D eigenvalue weighted by Crippen LogP contribution is 2.25. The van der Waals surface area contributed by atoms with Gasteiger partial charge in [0.05, 0.1) is 25.3 Å². The van der Waals surface area contributed by atoms with Gasteiger partial charge < -0.3 is 14.4 Å². The highest BCUT2D eigenvalue weighted by atomic mass is 16.5. The predicted octanol–water partition coefficient (Wildman–Crippen LogP) is 1.91. The van der Waals surface area contributed by atoms with Crippen molar-refractivity contribution in [3.63, 3.8) is 0 Å². The van der Waals surface area contributed by atoms with Crippen LogP contribution in [0.1, 0.15) is 24.2 Å². The van der Waals surface area contributed by atoms with E-state index in [-0.39, 0.29) is 5.78 Å². The lowest BCUT2D eigenvalue weighted by Gasteiger charge is -2.31. The van der Waals surface area contributed by atoms with Crippen molar-refractivity contribution in [3.05, 3.63) is 23.8 Å². The largest absolute Gasteiger partial charge is 0.494 e. The van der Waals surface area contributed by atoms with Gasteiger partial charge in [-0.05, 0) is 39.1 Å². The second-order valence-corrected chi connectivity index (χ2v) is 5.53. The number of piperazine rings is 1. The monoisotopic (exact) mass is 306 g/mol. The number of Topliss-reactive ketones (excluding diaryl/α,β-unsaturated/α-hetero) is 1. The van der Waals surface area contributed by atoms with Crippen molar-refractivity contribution in [2.45, 2.75) is 13.8 Å². The summed E-state index contributed by atoms with van der Waals surface area (Å²) < 4.78 is 11.1. The summed E-state index contributed by atoms with van der Waals surface area (Å²) in [5, 5.41) is 0. The molecule has 122 valence electrons. The second-order valence-electron chi connectivity index (χ2n) is 5.53. The van der Waals surface area contributed by atoms with E-state index in [1.54, 1.807) is 6.07 Å². The predicted molar refractivity (Wildman–Crippen MR) is 87.0 cm³/mol. The zero-order valence-corrected chi connectivity index (χ0v) is 13.8. The van der Waals surface area contributed by atoms with E-state index < -0.39 is 0 Å². The third-order valence-electron chi connectivity index (χ3n) is 3.83. The number of rotatable bonds is 7. The molecule has 0 saturated carbocycles. The molecule has 22 heavy (non-hydrogen) atoms. The fraction of sp³-hybridized carbons (Fsp3) is 0.588. The van der Waals surface area contributed by atoms with Crippen LogP contribution in [0.3, 0.4) is 0 Å². The Hall–Kier alpha value is -1.59. The number of hydrogen-bond donors (Lipinski definition) is 0. The van der Waals surface area contributed by atoms with Crippen LogP contribution < -0.4 is 9.47 Å². The van der Waals surface area contributed by atoms with E-state index in [4.69, 9.17) is 9.47 Å². The van der Waals surface area contributed by atoms with Gasteiger partial charge in [0.15, 0.2) is 5.78 Å². The zero-order chi connectivity index (χ0) is 15.9. The third-order valence-corrected chi connectivity index (χ3v) is 3.83. The lowest BCUT2D eigenvalue weighted by Crippen LogP contribution is -2.46. The Morgan fingerprint density at radius 1 is 1.09 bits per heavy atom. The molecule has 0 amide bonds. The Morgan fingerprint density at radius 3 is 2.41 bits per heavy atom. The summed E-state index contributed by atoms with van der Waals surface area (Å²) in [7, 11) is 2.11. The average molecular weight is 306 g/mol. The molecule has 5 nitrogen and oxygen atoms in total. The first-order chi connectivity index (χ1) is 10.6. The van der Waals surface area contributed by atoms with Gasteiger partial charge in [0.2, 0.25) is 0 Å². The van der Waals surface area contributed by atoms with Crippen LogP contribution in [0.25, 0.3) is 0 Å². The first kappa shape index (κ1) is 16.8. The minimum atomic E-state index is 0.0922. The Kier molecular flexibility index (Phi) is 6.21. The average Bonchev–Trinajstić information content (AvgIpc) is 2.51. The fourth-order valence-electron chi connectivity index (χ4n) is 2.56. The van der Waals surface area contributed by atoms with Crippen LogP contribution in [0, 0.1) is 0 Å². The second kappa shape index (κ2) is 8.15. The number of likely N-dealkylation sites (N-methyl/N-ethyl adjacent to an activating group) is 1. The van der Waals surface area contributed by atoms with Gasteiger partial charge in [-0.15, -0.1) is 0 Å². The van der Waals surface area contributed by atoms with Crippen molar-refractivity contribution in [1.29, 1.82) is 0 Å². The van der Waals surface area contributed by atoms with Crippen molar-refractivity contribution < 1.29 is 14.3 Å². The Balaban J connectivity index is 2.10. The third kappa shape index (κ3) is 4.45. The summed E-state index contributed by atoms with van der Waals surface area (Å²) >= 11 is 0. The number of carbonyl (C=O) groups is 1. The molecule has 2 rings (SSSR count). The number of carbonyl (C=O) groups excluding carboxylic acids is 1. The van der Waals surface area contributed by atoms with E-state index in [2.05, 4.69) is 16.8 Å². The van der Waals surface area contributed by atoms with Crippen molar-refractivity contribution in [2.24, 2.45) is 0 Å². The molecule has 5 heteroatoms. The van der Waals surface area contributed by atoms with Crippen molar-refractivity contribution in [2.75, 3.05) is 53.0 Å². The van der Waals surface area contributed by atoms with Gasteiger partial charge in [0.1, 0.15) is 11.5 Å². The lowest BCUT2D eigenvalue weighted by atomic mass is 10.1. The smallest absolute Gasteiger partial charge is 0.180 e. The standard InChI is InChI=1S/C17H26N2O3/c1-4-21-14-6-7-17(22-5-2)15(12-14)16(20)13-19-10-8-18(3)9-11-19/h6-7,12H,4-5,8-11,13H2,1-3H3. The van der Waals surface area contributed by atoms with E-state index in [1.165, 1.54) is 0 Å². The van der Waals surface area contributed by atoms with Crippen molar-refractivity contribution in [3.8, 4) is 11.5 Å². The van der Waals surface area contributed by atoms with Crippen molar-refractivity contribution >= 4 is 5.78 Å². The molecule has 0 atom stereocenters. The molecule has 0 radical (unpaired) electrons. The summed E-state index contributed by atoms with van der Waals surface area (Å²) in [5.41, 5.74) is 0.617. The van der Waals surface area contributed by atoms with Crippen LogP contribution in [0.4, 0.5) is 0 Å². The maximum Gasteiger partial charge on any atom is 0.180 e. The van der Waals surface area contributed by atoms with Crippen LogP contribution >= 0.6 is 0 Å². The van der Waals surface area contributed by atoms with Crippen LogP contribution in [-0.4, -0.2) is 68.6 Å². The number of benzene rings is 1. The Morgan fingerprint density at radius 2 is 1.77 bits per heavy atom. The Labute approximate surface area is 132 Å². The summed E-state index contributed by atoms with van der Waals surface area (Å²) in [6.45, 7) is 9.28. The van der Waals surface area contributed by atoms with Gasteiger partial charge in [-0.25, -0.2) is 0 Å². The minimum absolute atomic E-state index is 0.0922. The van der Waals surface area contributed by atoms with E-state index >= 15 is 0 Å². The van der Waals surface area contributed by atoms with E-state index in [9.17, 15) is 4.79 Å². The van der Waals surface area contributed by atoms with Crippen LogP contribution in [-0.2, 0) is 0 Å². The molecule has 1 saturated heterocycles. The normalized spacial score (nSPS) is 16.5. The molecule has 0 aliphatic carbocycles.